The number of aryl methyl sites for hydroxylation is 1. The maximum Gasteiger partial charge on any atom is 0.293 e. The third-order valence-corrected chi connectivity index (χ3v) is 3.42. The fraction of sp³-hybridized carbons (Fsp3) is 0.278. The molecule has 0 spiro atoms. The largest absolute Gasteiger partial charge is 0.490 e. The lowest BCUT2D eigenvalue weighted by atomic mass is 10.1. The van der Waals surface area contributed by atoms with E-state index in [0.29, 0.717) is 31.1 Å². The van der Waals surface area contributed by atoms with Gasteiger partial charge in [0.15, 0.2) is 0 Å². The minimum Gasteiger partial charge on any atom is -0.490 e. The van der Waals surface area contributed by atoms with E-state index in [1.165, 1.54) is 12.1 Å². The Balaban J connectivity index is 2.18. The molecule has 2 aromatic carbocycles. The first-order valence-corrected chi connectivity index (χ1v) is 7.89. The summed E-state index contributed by atoms with van der Waals surface area (Å²) in [5.74, 6) is -0.0755. The topological polar surface area (TPSA) is 90.7 Å². The van der Waals surface area contributed by atoms with Gasteiger partial charge in [-0.15, -0.1) is 0 Å². The fourth-order valence-corrected chi connectivity index (χ4v) is 2.22. The summed E-state index contributed by atoms with van der Waals surface area (Å²) in [7, 11) is 0. The van der Waals surface area contributed by atoms with E-state index in [-0.39, 0.29) is 11.4 Å². The quantitative estimate of drug-likeness (QED) is 0.449. The number of nitrogens with one attached hydrogen (secondary N) is 1. The van der Waals surface area contributed by atoms with E-state index >= 15 is 0 Å². The lowest BCUT2D eigenvalue weighted by Crippen LogP contribution is -2.16. The average Bonchev–Trinajstić information content (AvgIpc) is 2.60. The van der Waals surface area contributed by atoms with Crippen LogP contribution < -0.4 is 10.1 Å². The number of carbonyl (C=O) groups excluding carboxylic acids is 1. The minimum absolute atomic E-state index is 0.143. The van der Waals surface area contributed by atoms with Crippen LogP contribution in [-0.4, -0.2) is 30.7 Å². The Kier molecular flexibility index (Phi) is 6.47. The van der Waals surface area contributed by atoms with Crippen LogP contribution in [0.15, 0.2) is 42.5 Å². The van der Waals surface area contributed by atoms with Gasteiger partial charge in [-0.3, -0.25) is 14.9 Å². The molecule has 0 saturated heterocycles. The van der Waals surface area contributed by atoms with Gasteiger partial charge >= 0.3 is 0 Å². The number of carbonyl (C=O) groups is 1. The Labute approximate surface area is 145 Å². The average molecular weight is 344 g/mol. The van der Waals surface area contributed by atoms with Crippen molar-refractivity contribution in [1.82, 2.24) is 0 Å². The zero-order valence-electron chi connectivity index (χ0n) is 14.2. The summed E-state index contributed by atoms with van der Waals surface area (Å²) in [6, 6.07) is 11.4. The molecular weight excluding hydrogens is 324 g/mol. The van der Waals surface area contributed by atoms with Gasteiger partial charge in [0, 0.05) is 12.7 Å². The van der Waals surface area contributed by atoms with Gasteiger partial charge in [-0.05, 0) is 37.6 Å². The van der Waals surface area contributed by atoms with E-state index in [1.807, 2.05) is 6.92 Å². The van der Waals surface area contributed by atoms with Crippen molar-refractivity contribution in [1.29, 1.82) is 0 Å². The third kappa shape index (κ3) is 5.02. The van der Waals surface area contributed by atoms with E-state index in [9.17, 15) is 14.9 Å². The molecule has 0 bridgehead atoms. The second kappa shape index (κ2) is 8.79. The number of hydrogen-bond donors (Lipinski definition) is 1. The summed E-state index contributed by atoms with van der Waals surface area (Å²) < 4.78 is 10.8. The van der Waals surface area contributed by atoms with Crippen LogP contribution in [0.5, 0.6) is 5.75 Å². The molecule has 0 saturated carbocycles. The van der Waals surface area contributed by atoms with Crippen LogP contribution in [0.1, 0.15) is 22.8 Å². The lowest BCUT2D eigenvalue weighted by Gasteiger charge is -2.12. The first kappa shape index (κ1) is 18.4. The van der Waals surface area contributed by atoms with Crippen molar-refractivity contribution in [2.24, 2.45) is 0 Å². The molecule has 0 unspecified atom stereocenters. The second-order valence-electron chi connectivity index (χ2n) is 5.27. The van der Waals surface area contributed by atoms with Crippen molar-refractivity contribution in [3.63, 3.8) is 0 Å². The van der Waals surface area contributed by atoms with Crippen LogP contribution in [0, 0.1) is 17.0 Å². The number of ether oxygens (including phenoxy) is 2. The third-order valence-electron chi connectivity index (χ3n) is 3.42. The van der Waals surface area contributed by atoms with Gasteiger partial charge < -0.3 is 14.8 Å². The molecule has 7 nitrogen and oxygen atoms in total. The number of rotatable bonds is 8. The summed E-state index contributed by atoms with van der Waals surface area (Å²) in [5.41, 5.74) is 1.03. The normalized spacial score (nSPS) is 10.3. The first-order chi connectivity index (χ1) is 12.0. The van der Waals surface area contributed by atoms with Crippen molar-refractivity contribution in [3.8, 4) is 5.75 Å². The molecule has 1 amide bonds. The Bertz CT molecular complexity index is 761. The highest BCUT2D eigenvalue weighted by molar-refractivity contribution is 6.07. The second-order valence-corrected chi connectivity index (χ2v) is 5.27. The van der Waals surface area contributed by atoms with Crippen molar-refractivity contribution in [2.45, 2.75) is 13.8 Å². The monoisotopic (exact) mass is 344 g/mol. The van der Waals surface area contributed by atoms with Crippen molar-refractivity contribution in [2.75, 3.05) is 25.1 Å². The lowest BCUT2D eigenvalue weighted by molar-refractivity contribution is -0.384. The Morgan fingerprint density at radius 3 is 2.68 bits per heavy atom. The van der Waals surface area contributed by atoms with Gasteiger partial charge in [0.05, 0.1) is 17.1 Å². The zero-order chi connectivity index (χ0) is 18.2. The van der Waals surface area contributed by atoms with Crippen LogP contribution in [0.3, 0.4) is 0 Å². The first-order valence-electron chi connectivity index (χ1n) is 7.89. The molecule has 1 N–H and O–H groups in total. The highest BCUT2D eigenvalue weighted by Crippen LogP contribution is 2.27. The van der Waals surface area contributed by atoms with E-state index < -0.39 is 10.8 Å². The Morgan fingerprint density at radius 1 is 1.20 bits per heavy atom. The van der Waals surface area contributed by atoms with E-state index in [2.05, 4.69) is 5.32 Å². The standard InChI is InChI=1S/C18H20N2O5/c1-3-24-10-11-25-17-7-5-4-6-14(17)18(21)19-15-9-8-13(2)12-16(15)20(22)23/h4-9,12H,3,10-11H2,1-2H3,(H,19,21). The van der Waals surface area contributed by atoms with Crippen LogP contribution in [0.4, 0.5) is 11.4 Å². The van der Waals surface area contributed by atoms with Gasteiger partial charge in [0.1, 0.15) is 18.0 Å². The number of para-hydroxylation sites is 1. The SMILES string of the molecule is CCOCCOc1ccccc1C(=O)Nc1ccc(C)cc1[N+](=O)[O-]. The number of amides is 1. The molecule has 0 heterocycles. The van der Waals surface area contributed by atoms with E-state index in [4.69, 9.17) is 9.47 Å². The molecule has 25 heavy (non-hydrogen) atoms. The zero-order valence-corrected chi connectivity index (χ0v) is 14.2. The van der Waals surface area contributed by atoms with Gasteiger partial charge in [0.25, 0.3) is 11.6 Å². The van der Waals surface area contributed by atoms with Gasteiger partial charge in [-0.25, -0.2) is 0 Å². The van der Waals surface area contributed by atoms with Crippen molar-refractivity contribution in [3.05, 3.63) is 63.7 Å². The minimum atomic E-state index is -0.521. The molecule has 132 valence electrons. The molecule has 0 fully saturated rings. The van der Waals surface area contributed by atoms with E-state index in [0.717, 1.165) is 5.56 Å². The number of anilines is 1. The summed E-state index contributed by atoms with van der Waals surface area (Å²) >= 11 is 0. The molecule has 2 rings (SSSR count). The molecule has 0 aliphatic rings. The van der Waals surface area contributed by atoms with Gasteiger partial charge in [-0.2, -0.15) is 0 Å². The van der Waals surface area contributed by atoms with Crippen LogP contribution >= 0.6 is 0 Å². The highest BCUT2D eigenvalue weighted by Gasteiger charge is 2.18. The number of nitrogens with zero attached hydrogens (tertiary/aromatic N) is 1. The smallest absolute Gasteiger partial charge is 0.293 e. The summed E-state index contributed by atoms with van der Waals surface area (Å²) in [5, 5.41) is 13.8. The number of benzene rings is 2. The molecule has 0 aromatic heterocycles. The van der Waals surface area contributed by atoms with Crippen molar-refractivity contribution < 1.29 is 19.2 Å². The predicted octanol–water partition coefficient (Wildman–Crippen LogP) is 3.57. The predicted molar refractivity (Wildman–Crippen MR) is 94.2 cm³/mol. The number of nitro groups is 1. The maximum absolute atomic E-state index is 12.5. The van der Waals surface area contributed by atoms with Crippen molar-refractivity contribution >= 4 is 17.3 Å². The summed E-state index contributed by atoms with van der Waals surface area (Å²) in [6.45, 7) is 4.94. The molecule has 0 aliphatic heterocycles. The fourth-order valence-electron chi connectivity index (χ4n) is 2.22. The molecular formula is C18H20N2O5. The van der Waals surface area contributed by atoms with E-state index in [1.54, 1.807) is 37.3 Å². The molecule has 0 radical (unpaired) electrons. The van der Waals surface area contributed by atoms with Gasteiger partial charge in [-0.1, -0.05) is 18.2 Å². The maximum atomic E-state index is 12.5. The van der Waals surface area contributed by atoms with Crippen LogP contribution in [0.2, 0.25) is 0 Å². The number of nitro benzene ring substituents is 1. The molecule has 0 aliphatic carbocycles. The highest BCUT2D eigenvalue weighted by atomic mass is 16.6. The molecule has 7 heteroatoms. The summed E-state index contributed by atoms with van der Waals surface area (Å²) in [4.78, 5) is 23.2. The Hall–Kier alpha value is -2.93. The molecule has 2 aromatic rings. The Morgan fingerprint density at radius 2 is 1.96 bits per heavy atom. The number of hydrogen-bond acceptors (Lipinski definition) is 5. The summed E-state index contributed by atoms with van der Waals surface area (Å²) in [6.07, 6.45) is 0. The van der Waals surface area contributed by atoms with Crippen LogP contribution in [-0.2, 0) is 4.74 Å². The van der Waals surface area contributed by atoms with Crippen LogP contribution in [0.25, 0.3) is 0 Å². The van der Waals surface area contributed by atoms with Gasteiger partial charge in [0.2, 0.25) is 0 Å². The molecule has 0 atom stereocenters.